The number of rotatable bonds is 7. The van der Waals surface area contributed by atoms with Crippen molar-refractivity contribution in [3.8, 4) is 11.1 Å². The van der Waals surface area contributed by atoms with Gasteiger partial charge in [-0.3, -0.25) is 0 Å². The van der Waals surface area contributed by atoms with Gasteiger partial charge in [-0.2, -0.15) is 0 Å². The summed E-state index contributed by atoms with van der Waals surface area (Å²) in [6.45, 7) is 4.15. The SMILES string of the molecule is CCCc1nc2c(C)cc3cc2n1C(Cc1ccc(-c2ccccc2)c(C(=O)O)c1)C(C(=O)O)N1C3=NC2=CCCCC21. The molecule has 8 heteroatoms. The Bertz CT molecular complexity index is 1840. The lowest BCUT2D eigenvalue weighted by atomic mass is 9.90. The predicted molar refractivity (Wildman–Crippen MR) is 166 cm³/mol. The molecule has 2 N–H and O–H groups in total. The van der Waals surface area contributed by atoms with Gasteiger partial charge in [-0.1, -0.05) is 55.5 Å². The van der Waals surface area contributed by atoms with Gasteiger partial charge in [-0.15, -0.1) is 0 Å². The number of imidazole rings is 1. The van der Waals surface area contributed by atoms with Gasteiger partial charge in [0, 0.05) is 12.0 Å². The Labute approximate surface area is 250 Å². The zero-order valence-corrected chi connectivity index (χ0v) is 24.3. The van der Waals surface area contributed by atoms with E-state index in [0.717, 1.165) is 70.5 Å². The van der Waals surface area contributed by atoms with Gasteiger partial charge in [0.1, 0.15) is 17.7 Å². The van der Waals surface area contributed by atoms with Crippen LogP contribution in [0.1, 0.15) is 71.5 Å². The molecule has 0 saturated heterocycles. The largest absolute Gasteiger partial charge is 0.480 e. The third-order valence-electron chi connectivity index (χ3n) is 9.08. The molecule has 218 valence electrons. The van der Waals surface area contributed by atoms with Crippen LogP contribution in [0.15, 0.2) is 77.4 Å². The number of carbonyl (C=O) groups is 2. The zero-order chi connectivity index (χ0) is 29.8. The summed E-state index contributed by atoms with van der Waals surface area (Å²) in [6.07, 6.45) is 6.79. The maximum Gasteiger partial charge on any atom is 0.336 e. The molecule has 0 fully saturated rings. The van der Waals surface area contributed by atoms with Crippen LogP contribution in [0.25, 0.3) is 22.2 Å². The summed E-state index contributed by atoms with van der Waals surface area (Å²) in [7, 11) is 0. The molecular formula is C35H34N4O4. The smallest absolute Gasteiger partial charge is 0.336 e. The highest BCUT2D eigenvalue weighted by molar-refractivity contribution is 6.06. The highest BCUT2D eigenvalue weighted by Gasteiger charge is 2.47. The van der Waals surface area contributed by atoms with Crippen molar-refractivity contribution in [3.05, 3.63) is 101 Å². The lowest BCUT2D eigenvalue weighted by Crippen LogP contribution is -2.54. The van der Waals surface area contributed by atoms with E-state index >= 15 is 0 Å². The van der Waals surface area contributed by atoms with Crippen molar-refractivity contribution in [2.24, 2.45) is 4.99 Å². The van der Waals surface area contributed by atoms with Gasteiger partial charge in [0.15, 0.2) is 0 Å². The fourth-order valence-corrected chi connectivity index (χ4v) is 7.24. The number of benzene rings is 3. The highest BCUT2D eigenvalue weighted by atomic mass is 16.4. The number of aromatic carboxylic acids is 1. The molecule has 0 amide bonds. The Morgan fingerprint density at radius 1 is 1.02 bits per heavy atom. The van der Waals surface area contributed by atoms with Crippen LogP contribution in [0, 0.1) is 6.92 Å². The number of carboxylic acids is 2. The average Bonchev–Trinajstić information content (AvgIpc) is 3.55. The second-order valence-electron chi connectivity index (χ2n) is 11.8. The molecule has 0 spiro atoms. The molecule has 3 aliphatic rings. The second kappa shape index (κ2) is 10.5. The summed E-state index contributed by atoms with van der Waals surface area (Å²) in [5.74, 6) is -0.378. The van der Waals surface area contributed by atoms with Gasteiger partial charge in [0.2, 0.25) is 0 Å². The number of aliphatic carboxylic acids is 1. The van der Waals surface area contributed by atoms with Gasteiger partial charge in [-0.05, 0) is 79.5 Å². The summed E-state index contributed by atoms with van der Waals surface area (Å²) >= 11 is 0. The van der Waals surface area contributed by atoms with Gasteiger partial charge in [0.05, 0.1) is 34.4 Å². The highest BCUT2D eigenvalue weighted by Crippen LogP contribution is 2.41. The third kappa shape index (κ3) is 4.44. The van der Waals surface area contributed by atoms with Crippen molar-refractivity contribution in [1.82, 2.24) is 14.5 Å². The molecule has 7 rings (SSSR count). The van der Waals surface area contributed by atoms with E-state index in [1.807, 2.05) is 47.4 Å². The zero-order valence-electron chi connectivity index (χ0n) is 24.3. The molecule has 0 radical (unpaired) electrons. The van der Waals surface area contributed by atoms with Gasteiger partial charge < -0.3 is 19.7 Å². The number of aryl methyl sites for hydroxylation is 2. The summed E-state index contributed by atoms with van der Waals surface area (Å²) in [5.41, 5.74) is 7.09. The minimum absolute atomic E-state index is 0.113. The number of allylic oxidation sites excluding steroid dienone is 1. The Kier molecular flexibility index (Phi) is 6.64. The van der Waals surface area contributed by atoms with E-state index in [-0.39, 0.29) is 11.6 Å². The molecule has 0 saturated carbocycles. The first kappa shape index (κ1) is 27.1. The van der Waals surface area contributed by atoms with Crippen molar-refractivity contribution in [2.45, 2.75) is 70.5 Å². The van der Waals surface area contributed by atoms with Crippen LogP contribution in [0.5, 0.6) is 0 Å². The van der Waals surface area contributed by atoms with Crippen LogP contribution < -0.4 is 0 Å². The lowest BCUT2D eigenvalue weighted by molar-refractivity contribution is -0.143. The molecule has 1 aliphatic carbocycles. The van der Waals surface area contributed by atoms with Crippen molar-refractivity contribution in [2.75, 3.05) is 0 Å². The van der Waals surface area contributed by atoms with E-state index in [9.17, 15) is 19.8 Å². The van der Waals surface area contributed by atoms with Crippen molar-refractivity contribution in [3.63, 3.8) is 0 Å². The quantitative estimate of drug-likeness (QED) is 0.264. The van der Waals surface area contributed by atoms with Crippen LogP contribution in [0.3, 0.4) is 0 Å². The van der Waals surface area contributed by atoms with E-state index in [0.29, 0.717) is 24.2 Å². The first-order valence-corrected chi connectivity index (χ1v) is 15.1. The van der Waals surface area contributed by atoms with Crippen LogP contribution in [-0.2, 0) is 17.6 Å². The maximum atomic E-state index is 13.4. The number of nitrogens with zero attached hydrogens (tertiary/aromatic N) is 4. The number of carboxylic acid groups (broad SMARTS) is 2. The molecule has 2 aliphatic heterocycles. The Hall–Kier alpha value is -4.72. The van der Waals surface area contributed by atoms with Crippen LogP contribution >= 0.6 is 0 Å². The van der Waals surface area contributed by atoms with Crippen LogP contribution in [0.4, 0.5) is 0 Å². The number of hydrogen-bond donors (Lipinski definition) is 2. The monoisotopic (exact) mass is 574 g/mol. The molecule has 3 unspecified atom stereocenters. The van der Waals surface area contributed by atoms with Gasteiger partial charge in [0.25, 0.3) is 0 Å². The van der Waals surface area contributed by atoms with E-state index < -0.39 is 24.0 Å². The minimum atomic E-state index is -1.01. The fraction of sp³-hybridized carbons (Fsp3) is 0.314. The Morgan fingerprint density at radius 3 is 2.58 bits per heavy atom. The van der Waals surface area contributed by atoms with E-state index in [1.165, 1.54) is 0 Å². The summed E-state index contributed by atoms with van der Waals surface area (Å²) in [5, 5.41) is 21.2. The molecule has 4 aromatic rings. The van der Waals surface area contributed by atoms with Crippen molar-refractivity contribution < 1.29 is 19.8 Å². The van der Waals surface area contributed by atoms with E-state index in [1.54, 1.807) is 6.07 Å². The van der Waals surface area contributed by atoms with Gasteiger partial charge >= 0.3 is 11.9 Å². The number of hydrogen-bond acceptors (Lipinski definition) is 5. The third-order valence-corrected chi connectivity index (χ3v) is 9.08. The number of aliphatic imine (C=N–C) groups is 1. The first-order valence-electron chi connectivity index (χ1n) is 15.1. The summed E-state index contributed by atoms with van der Waals surface area (Å²) in [6, 6.07) is 17.6. The number of amidine groups is 1. The molecule has 43 heavy (non-hydrogen) atoms. The fourth-order valence-electron chi connectivity index (χ4n) is 7.24. The maximum absolute atomic E-state index is 13.4. The predicted octanol–water partition coefficient (Wildman–Crippen LogP) is 6.41. The van der Waals surface area contributed by atoms with Gasteiger partial charge in [-0.25, -0.2) is 19.6 Å². The number of aromatic nitrogens is 2. The van der Waals surface area contributed by atoms with Crippen molar-refractivity contribution >= 4 is 28.8 Å². The molecular weight excluding hydrogens is 540 g/mol. The van der Waals surface area contributed by atoms with Crippen LogP contribution in [-0.4, -0.2) is 54.5 Å². The molecule has 2 bridgehead atoms. The molecule has 3 aromatic carbocycles. The molecule has 8 nitrogen and oxygen atoms in total. The topological polar surface area (TPSA) is 108 Å². The minimum Gasteiger partial charge on any atom is -0.480 e. The Morgan fingerprint density at radius 2 is 1.84 bits per heavy atom. The lowest BCUT2D eigenvalue weighted by Gasteiger charge is -2.41. The normalized spacial score (nSPS) is 20.7. The second-order valence-corrected chi connectivity index (χ2v) is 11.8. The molecule has 3 heterocycles. The van der Waals surface area contributed by atoms with Crippen LogP contribution in [0.2, 0.25) is 0 Å². The standard InChI is InChI=1S/C35H34N4O4/c1-3-9-30-37-31-20(2)16-23-19-28(31)38(30)29(32(35(42)43)39-27-13-8-7-12-26(27)36-33(23)39)18-21-14-15-24(25(17-21)34(40)41)22-10-5-4-6-11-22/h4-6,10-12,14-17,19,27,29,32H,3,7-9,13,18H2,1-2H3,(H,40,41)(H,42,43). The average molecular weight is 575 g/mol. The molecule has 3 atom stereocenters. The number of fused-ring (bicyclic) bond motifs is 5. The Balaban J connectivity index is 1.45. The first-order chi connectivity index (χ1) is 20.9. The van der Waals surface area contributed by atoms with E-state index in [4.69, 9.17) is 9.98 Å². The van der Waals surface area contributed by atoms with Crippen molar-refractivity contribution in [1.29, 1.82) is 0 Å². The summed E-state index contributed by atoms with van der Waals surface area (Å²) < 4.78 is 2.14. The van der Waals surface area contributed by atoms with E-state index in [2.05, 4.69) is 36.6 Å². The summed E-state index contributed by atoms with van der Waals surface area (Å²) in [4.78, 5) is 38.1. The molecule has 1 aromatic heterocycles.